The van der Waals surface area contributed by atoms with Gasteiger partial charge in [-0.3, -0.25) is 4.79 Å². The van der Waals surface area contributed by atoms with E-state index in [0.717, 1.165) is 0 Å². The fraction of sp³-hybridized carbons (Fsp3) is 0.231. The highest BCUT2D eigenvalue weighted by Crippen LogP contribution is 2.29. The summed E-state index contributed by atoms with van der Waals surface area (Å²) < 4.78 is 18.9. The van der Waals surface area contributed by atoms with E-state index >= 15 is 0 Å². The zero-order valence-corrected chi connectivity index (χ0v) is 9.98. The van der Waals surface area contributed by atoms with Gasteiger partial charge >= 0.3 is 5.97 Å². The summed E-state index contributed by atoms with van der Waals surface area (Å²) in [7, 11) is 0. The number of benzene rings is 1. The Balaban J connectivity index is 2.44. The molecule has 1 N–H and O–H groups in total. The van der Waals surface area contributed by atoms with E-state index in [2.05, 4.69) is 4.98 Å². The number of rotatable bonds is 3. The van der Waals surface area contributed by atoms with Gasteiger partial charge in [0, 0.05) is 0 Å². The van der Waals surface area contributed by atoms with Gasteiger partial charge in [0.25, 0.3) is 0 Å². The maximum atomic E-state index is 13.5. The van der Waals surface area contributed by atoms with E-state index in [1.165, 1.54) is 32.2 Å². The third-order valence-corrected chi connectivity index (χ3v) is 2.76. The van der Waals surface area contributed by atoms with E-state index in [0.29, 0.717) is 0 Å². The van der Waals surface area contributed by atoms with Crippen LogP contribution in [-0.4, -0.2) is 16.1 Å². The predicted molar refractivity (Wildman–Crippen MR) is 62.6 cm³/mol. The molecule has 0 atom stereocenters. The molecule has 0 aliphatic carbocycles. The number of hydrogen-bond acceptors (Lipinski definition) is 3. The normalized spacial score (nSPS) is 11.5. The lowest BCUT2D eigenvalue weighted by molar-refractivity contribution is -0.143. The summed E-state index contributed by atoms with van der Waals surface area (Å²) in [6, 6.07) is 6.04. The first-order valence-corrected chi connectivity index (χ1v) is 5.37. The molecule has 0 fully saturated rings. The van der Waals surface area contributed by atoms with Gasteiger partial charge in [0.05, 0.1) is 11.8 Å². The molecule has 0 spiro atoms. The molecule has 2 rings (SSSR count). The molecule has 1 heterocycles. The van der Waals surface area contributed by atoms with Crippen LogP contribution in [0.3, 0.4) is 0 Å². The Morgan fingerprint density at radius 1 is 1.39 bits per heavy atom. The van der Waals surface area contributed by atoms with Crippen LogP contribution in [0.5, 0.6) is 0 Å². The molecular weight excluding hydrogens is 237 g/mol. The summed E-state index contributed by atoms with van der Waals surface area (Å²) in [5, 5.41) is 9.07. The predicted octanol–water partition coefficient (Wildman–Crippen LogP) is 2.84. The number of nitrogens with zero attached hydrogens (tertiary/aromatic N) is 1. The minimum absolute atomic E-state index is 0.0809. The molecule has 0 unspecified atom stereocenters. The number of halogens is 1. The third-order valence-electron chi connectivity index (χ3n) is 2.76. The Bertz CT molecular complexity index is 589. The van der Waals surface area contributed by atoms with Crippen LogP contribution >= 0.6 is 0 Å². The van der Waals surface area contributed by atoms with Gasteiger partial charge in [-0.15, -0.1) is 0 Å². The average Bonchev–Trinajstić information content (AvgIpc) is 2.79. The first-order valence-electron chi connectivity index (χ1n) is 5.37. The lowest BCUT2D eigenvalue weighted by atomic mass is 9.91. The van der Waals surface area contributed by atoms with Crippen LogP contribution in [0, 0.1) is 5.82 Å². The summed E-state index contributed by atoms with van der Waals surface area (Å²) in [5.41, 5.74) is -0.985. The van der Waals surface area contributed by atoms with Gasteiger partial charge in [0.1, 0.15) is 17.0 Å². The maximum Gasteiger partial charge on any atom is 0.316 e. The van der Waals surface area contributed by atoms with Crippen LogP contribution in [0.25, 0.3) is 11.5 Å². The second-order valence-electron chi connectivity index (χ2n) is 4.44. The van der Waals surface area contributed by atoms with Crippen molar-refractivity contribution in [3.8, 4) is 11.5 Å². The number of carbonyl (C=O) groups is 1. The first-order chi connectivity index (χ1) is 8.43. The fourth-order valence-electron chi connectivity index (χ4n) is 1.43. The van der Waals surface area contributed by atoms with Crippen molar-refractivity contribution in [3.63, 3.8) is 0 Å². The van der Waals surface area contributed by atoms with Crippen molar-refractivity contribution in [2.75, 3.05) is 0 Å². The molecule has 0 radical (unpaired) electrons. The summed E-state index contributed by atoms with van der Waals surface area (Å²) in [5.74, 6) is -1.22. The quantitative estimate of drug-likeness (QED) is 0.908. The number of carboxylic acid groups (broad SMARTS) is 1. The van der Waals surface area contributed by atoms with Gasteiger partial charge in [0.2, 0.25) is 5.89 Å². The number of oxazole rings is 1. The molecule has 94 valence electrons. The van der Waals surface area contributed by atoms with Crippen molar-refractivity contribution >= 4 is 5.97 Å². The minimum atomic E-state index is -1.20. The van der Waals surface area contributed by atoms with Crippen LogP contribution in [-0.2, 0) is 10.2 Å². The fourth-order valence-corrected chi connectivity index (χ4v) is 1.43. The van der Waals surface area contributed by atoms with Crippen molar-refractivity contribution in [1.82, 2.24) is 4.98 Å². The summed E-state index contributed by atoms with van der Waals surface area (Å²) in [6.45, 7) is 3.00. The van der Waals surface area contributed by atoms with Gasteiger partial charge in [-0.1, -0.05) is 12.1 Å². The van der Waals surface area contributed by atoms with Crippen molar-refractivity contribution < 1.29 is 18.7 Å². The van der Waals surface area contributed by atoms with Crippen LogP contribution in [0.4, 0.5) is 4.39 Å². The van der Waals surface area contributed by atoms with Gasteiger partial charge < -0.3 is 9.52 Å². The zero-order chi connectivity index (χ0) is 13.3. The number of carboxylic acids is 1. The molecule has 0 bridgehead atoms. The average molecular weight is 249 g/mol. The highest BCUT2D eigenvalue weighted by Gasteiger charge is 2.33. The lowest BCUT2D eigenvalue weighted by Crippen LogP contribution is -2.27. The van der Waals surface area contributed by atoms with E-state index in [1.54, 1.807) is 12.1 Å². The van der Waals surface area contributed by atoms with Crippen molar-refractivity contribution in [2.45, 2.75) is 19.3 Å². The molecule has 0 amide bonds. The smallest absolute Gasteiger partial charge is 0.316 e. The van der Waals surface area contributed by atoms with Gasteiger partial charge in [-0.2, -0.15) is 0 Å². The van der Waals surface area contributed by atoms with E-state index < -0.39 is 17.2 Å². The molecule has 2 aromatic rings. The standard InChI is InChI=1S/C13H12FNO3/c1-13(2,12(16)17)10-7-15-11(18-10)8-5-3-4-6-9(8)14/h3-7H,1-2H3,(H,16,17). The van der Waals surface area contributed by atoms with E-state index in [9.17, 15) is 9.18 Å². The molecule has 4 nitrogen and oxygen atoms in total. The lowest BCUT2D eigenvalue weighted by Gasteiger charge is -2.14. The Kier molecular flexibility index (Phi) is 2.90. The van der Waals surface area contributed by atoms with Gasteiger partial charge in [0.15, 0.2) is 0 Å². The molecule has 0 saturated carbocycles. The zero-order valence-electron chi connectivity index (χ0n) is 9.98. The van der Waals surface area contributed by atoms with Crippen LogP contribution < -0.4 is 0 Å². The molecule has 0 aliphatic rings. The van der Waals surface area contributed by atoms with Crippen LogP contribution in [0.15, 0.2) is 34.9 Å². The SMILES string of the molecule is CC(C)(C(=O)O)c1cnc(-c2ccccc2F)o1. The topological polar surface area (TPSA) is 63.3 Å². The highest BCUT2D eigenvalue weighted by atomic mass is 19.1. The van der Waals surface area contributed by atoms with E-state index in [4.69, 9.17) is 9.52 Å². The summed E-state index contributed by atoms with van der Waals surface area (Å²) in [6.07, 6.45) is 1.32. The molecule has 1 aromatic heterocycles. The van der Waals surface area contributed by atoms with E-state index in [-0.39, 0.29) is 17.2 Å². The Labute approximate surface area is 103 Å². The first kappa shape index (κ1) is 12.3. The summed E-state index contributed by atoms with van der Waals surface area (Å²) in [4.78, 5) is 15.0. The Hall–Kier alpha value is -2.17. The van der Waals surface area contributed by atoms with Gasteiger partial charge in [-0.25, -0.2) is 9.37 Å². The highest BCUT2D eigenvalue weighted by molar-refractivity contribution is 5.79. The van der Waals surface area contributed by atoms with Gasteiger partial charge in [-0.05, 0) is 26.0 Å². The molecule has 0 aliphatic heterocycles. The van der Waals surface area contributed by atoms with Crippen molar-refractivity contribution in [3.05, 3.63) is 42.0 Å². The molecule has 0 saturated heterocycles. The number of hydrogen-bond donors (Lipinski definition) is 1. The largest absolute Gasteiger partial charge is 0.481 e. The molecule has 5 heteroatoms. The second kappa shape index (κ2) is 4.25. The number of aromatic nitrogens is 1. The minimum Gasteiger partial charge on any atom is -0.481 e. The molecular formula is C13H12FNO3. The number of aliphatic carboxylic acids is 1. The van der Waals surface area contributed by atoms with Crippen molar-refractivity contribution in [2.24, 2.45) is 0 Å². The van der Waals surface area contributed by atoms with Crippen molar-refractivity contribution in [1.29, 1.82) is 0 Å². The Morgan fingerprint density at radius 2 is 2.06 bits per heavy atom. The second-order valence-corrected chi connectivity index (χ2v) is 4.44. The van der Waals surface area contributed by atoms with Crippen LogP contribution in [0.1, 0.15) is 19.6 Å². The Morgan fingerprint density at radius 3 is 2.67 bits per heavy atom. The monoisotopic (exact) mass is 249 g/mol. The summed E-state index contributed by atoms with van der Waals surface area (Å²) >= 11 is 0. The van der Waals surface area contributed by atoms with E-state index in [1.807, 2.05) is 0 Å². The maximum absolute atomic E-state index is 13.5. The molecule has 18 heavy (non-hydrogen) atoms. The third kappa shape index (κ3) is 1.99. The van der Waals surface area contributed by atoms with Crippen LogP contribution in [0.2, 0.25) is 0 Å². The molecule has 1 aromatic carbocycles.